The molecule has 0 N–H and O–H groups in total. The van der Waals surface area contributed by atoms with E-state index in [-0.39, 0.29) is 23.8 Å². The van der Waals surface area contributed by atoms with Crippen LogP contribution in [0.4, 0.5) is 5.69 Å². The molecule has 0 unspecified atom stereocenters. The van der Waals surface area contributed by atoms with Crippen molar-refractivity contribution in [3.8, 4) is 23.0 Å². The van der Waals surface area contributed by atoms with Gasteiger partial charge in [0.1, 0.15) is 29.6 Å². The first-order valence-corrected chi connectivity index (χ1v) is 10.1. The van der Waals surface area contributed by atoms with Crippen molar-refractivity contribution in [2.24, 2.45) is 0 Å². The number of methoxy groups -OCH3 is 2. The van der Waals surface area contributed by atoms with Crippen molar-refractivity contribution in [3.05, 3.63) is 92.7 Å². The predicted octanol–water partition coefficient (Wildman–Crippen LogP) is 5.12. The summed E-state index contributed by atoms with van der Waals surface area (Å²) in [5.74, 6) is 2.14. The molecular formula is C25H21NO7. The van der Waals surface area contributed by atoms with E-state index < -0.39 is 4.92 Å². The number of hydrogen-bond acceptors (Lipinski definition) is 7. The number of carbonyl (C=O) groups excluding carboxylic acids is 1. The number of allylic oxidation sites excluding steroid dienone is 1. The monoisotopic (exact) mass is 447 g/mol. The molecule has 1 aliphatic rings. The minimum atomic E-state index is -0.449. The molecule has 0 radical (unpaired) electrons. The van der Waals surface area contributed by atoms with E-state index >= 15 is 0 Å². The fourth-order valence-electron chi connectivity index (χ4n) is 3.49. The van der Waals surface area contributed by atoms with Crippen molar-refractivity contribution in [2.75, 3.05) is 14.2 Å². The van der Waals surface area contributed by atoms with Crippen molar-refractivity contribution in [3.63, 3.8) is 0 Å². The van der Waals surface area contributed by atoms with Crippen LogP contribution >= 0.6 is 0 Å². The summed E-state index contributed by atoms with van der Waals surface area (Å²) in [7, 11) is 3.11. The van der Waals surface area contributed by atoms with Gasteiger partial charge < -0.3 is 18.9 Å². The Hall–Kier alpha value is -4.33. The molecule has 8 heteroatoms. The zero-order chi connectivity index (χ0) is 23.5. The molecule has 0 fully saturated rings. The van der Waals surface area contributed by atoms with Gasteiger partial charge in [0.05, 0.1) is 24.7 Å². The molecule has 0 saturated heterocycles. The molecule has 3 aromatic carbocycles. The van der Waals surface area contributed by atoms with Crippen LogP contribution in [0.5, 0.6) is 23.0 Å². The first-order chi connectivity index (χ1) is 15.9. The second kappa shape index (κ2) is 9.04. The van der Waals surface area contributed by atoms with E-state index in [4.69, 9.17) is 18.9 Å². The maximum Gasteiger partial charge on any atom is 0.269 e. The molecular weight excluding hydrogens is 426 g/mol. The number of benzene rings is 3. The largest absolute Gasteiger partial charge is 0.497 e. The fraction of sp³-hybridized carbons (Fsp3) is 0.160. The van der Waals surface area contributed by atoms with Crippen LogP contribution in [-0.2, 0) is 6.61 Å². The lowest BCUT2D eigenvalue weighted by Crippen LogP contribution is -1.99. The van der Waals surface area contributed by atoms with Crippen molar-refractivity contribution in [1.29, 1.82) is 0 Å². The molecule has 0 amide bonds. The van der Waals surface area contributed by atoms with E-state index in [0.29, 0.717) is 39.7 Å². The maximum atomic E-state index is 12.9. The van der Waals surface area contributed by atoms with E-state index in [2.05, 4.69) is 0 Å². The molecule has 3 aromatic rings. The third-order valence-electron chi connectivity index (χ3n) is 5.30. The number of non-ortho nitro benzene ring substituents is 1. The number of Topliss-reactive ketones (excluding diaryl/α,β-unsaturated/α-hetero) is 1. The quantitative estimate of drug-likeness (QED) is 0.282. The minimum Gasteiger partial charge on any atom is -0.497 e. The lowest BCUT2D eigenvalue weighted by atomic mass is 10.1. The van der Waals surface area contributed by atoms with Crippen LogP contribution in [0.2, 0.25) is 0 Å². The third-order valence-corrected chi connectivity index (χ3v) is 5.30. The number of hydrogen-bond donors (Lipinski definition) is 0. The van der Waals surface area contributed by atoms with Gasteiger partial charge in [0, 0.05) is 23.3 Å². The molecule has 168 valence electrons. The van der Waals surface area contributed by atoms with Gasteiger partial charge in [-0.2, -0.15) is 0 Å². The minimum absolute atomic E-state index is 0.0198. The third kappa shape index (κ3) is 4.36. The Labute approximate surface area is 190 Å². The van der Waals surface area contributed by atoms with Gasteiger partial charge in [-0.15, -0.1) is 0 Å². The van der Waals surface area contributed by atoms with Crippen LogP contribution in [0.15, 0.2) is 60.4 Å². The van der Waals surface area contributed by atoms with Crippen molar-refractivity contribution in [1.82, 2.24) is 0 Å². The number of carbonyl (C=O) groups is 1. The van der Waals surface area contributed by atoms with Gasteiger partial charge in [-0.05, 0) is 61.0 Å². The van der Waals surface area contributed by atoms with Gasteiger partial charge in [0.25, 0.3) is 5.69 Å². The molecule has 33 heavy (non-hydrogen) atoms. The van der Waals surface area contributed by atoms with Crippen molar-refractivity contribution < 1.29 is 28.7 Å². The SMILES string of the molecule is COc1ccc(OC)c(/C=C2\Oc3c(ccc(OCc4ccc([N+](=O)[O-])cc4)c3C)C2=O)c1. The van der Waals surface area contributed by atoms with E-state index in [1.54, 1.807) is 62.8 Å². The van der Waals surface area contributed by atoms with Crippen LogP contribution in [0.1, 0.15) is 27.0 Å². The molecule has 0 bridgehead atoms. The number of rotatable bonds is 7. The zero-order valence-electron chi connectivity index (χ0n) is 18.3. The average Bonchev–Trinajstić information content (AvgIpc) is 3.14. The number of ketones is 1. The highest BCUT2D eigenvalue weighted by Gasteiger charge is 2.30. The van der Waals surface area contributed by atoms with Gasteiger partial charge in [-0.25, -0.2) is 0 Å². The molecule has 0 saturated carbocycles. The molecule has 1 heterocycles. The zero-order valence-corrected chi connectivity index (χ0v) is 18.3. The molecule has 0 atom stereocenters. The maximum absolute atomic E-state index is 12.9. The van der Waals surface area contributed by atoms with Crippen LogP contribution in [0.25, 0.3) is 6.08 Å². The van der Waals surface area contributed by atoms with Gasteiger partial charge in [0.15, 0.2) is 5.76 Å². The highest BCUT2D eigenvalue weighted by Crippen LogP contribution is 2.40. The Kier molecular flexibility index (Phi) is 5.99. The standard InChI is InChI=1S/C25H21NO7/c1-15-21(32-14-16-4-6-18(7-5-16)26(28)29)11-9-20-24(27)23(33-25(15)20)13-17-12-19(30-2)8-10-22(17)31-3/h4-13H,14H2,1-3H3/b23-13-. The first-order valence-electron chi connectivity index (χ1n) is 10.1. The Bertz CT molecular complexity index is 1260. The Morgan fingerprint density at radius 2 is 1.73 bits per heavy atom. The predicted molar refractivity (Wildman–Crippen MR) is 121 cm³/mol. The summed E-state index contributed by atoms with van der Waals surface area (Å²) in [6.07, 6.45) is 1.63. The van der Waals surface area contributed by atoms with Crippen molar-refractivity contribution >= 4 is 17.5 Å². The number of nitro benzene ring substituents is 1. The highest BCUT2D eigenvalue weighted by atomic mass is 16.6. The van der Waals surface area contributed by atoms with Crippen LogP contribution < -0.4 is 18.9 Å². The molecule has 4 rings (SSSR count). The summed E-state index contributed by atoms with van der Waals surface area (Å²) in [6.45, 7) is 2.03. The van der Waals surface area contributed by atoms with Gasteiger partial charge in [0.2, 0.25) is 5.78 Å². The summed E-state index contributed by atoms with van der Waals surface area (Å²) in [6, 6.07) is 14.8. The molecule has 0 aliphatic carbocycles. The second-order valence-corrected chi connectivity index (χ2v) is 7.33. The van der Waals surface area contributed by atoms with E-state index in [0.717, 1.165) is 5.56 Å². The average molecular weight is 447 g/mol. The van der Waals surface area contributed by atoms with Crippen LogP contribution in [0.3, 0.4) is 0 Å². The first kappa shape index (κ1) is 21.9. The summed E-state index contributed by atoms with van der Waals surface area (Å²) >= 11 is 0. The summed E-state index contributed by atoms with van der Waals surface area (Å²) in [4.78, 5) is 23.3. The number of fused-ring (bicyclic) bond motifs is 1. The van der Waals surface area contributed by atoms with Crippen LogP contribution in [-0.4, -0.2) is 24.9 Å². The van der Waals surface area contributed by atoms with E-state index in [1.165, 1.54) is 12.1 Å². The second-order valence-electron chi connectivity index (χ2n) is 7.33. The Morgan fingerprint density at radius 1 is 1.00 bits per heavy atom. The van der Waals surface area contributed by atoms with E-state index in [9.17, 15) is 14.9 Å². The topological polar surface area (TPSA) is 97.1 Å². The lowest BCUT2D eigenvalue weighted by molar-refractivity contribution is -0.384. The number of nitrogens with zero attached hydrogens (tertiary/aromatic N) is 1. The number of nitro groups is 1. The number of ether oxygens (including phenoxy) is 4. The lowest BCUT2D eigenvalue weighted by Gasteiger charge is -2.11. The normalized spacial score (nSPS) is 13.4. The smallest absolute Gasteiger partial charge is 0.269 e. The highest BCUT2D eigenvalue weighted by molar-refractivity contribution is 6.15. The Balaban J connectivity index is 1.56. The van der Waals surface area contributed by atoms with Gasteiger partial charge in [-0.1, -0.05) is 0 Å². The van der Waals surface area contributed by atoms with Crippen LogP contribution in [0, 0.1) is 17.0 Å². The summed E-state index contributed by atoms with van der Waals surface area (Å²) in [5.41, 5.74) is 2.59. The molecule has 1 aliphatic heterocycles. The van der Waals surface area contributed by atoms with Crippen molar-refractivity contribution in [2.45, 2.75) is 13.5 Å². The van der Waals surface area contributed by atoms with Gasteiger partial charge in [-0.3, -0.25) is 14.9 Å². The molecule has 0 spiro atoms. The fourth-order valence-corrected chi connectivity index (χ4v) is 3.49. The van der Waals surface area contributed by atoms with E-state index in [1.807, 2.05) is 6.92 Å². The summed E-state index contributed by atoms with van der Waals surface area (Å²) in [5, 5.41) is 10.8. The summed E-state index contributed by atoms with van der Waals surface area (Å²) < 4.78 is 22.5. The Morgan fingerprint density at radius 3 is 2.39 bits per heavy atom. The molecule has 8 nitrogen and oxygen atoms in total. The van der Waals surface area contributed by atoms with Gasteiger partial charge >= 0.3 is 0 Å². The molecule has 0 aromatic heterocycles.